The average Bonchev–Trinajstić information content (AvgIpc) is 2.59. The van der Waals surface area contributed by atoms with Gasteiger partial charge in [-0.25, -0.2) is 0 Å². The van der Waals surface area contributed by atoms with Gasteiger partial charge in [-0.1, -0.05) is 26.2 Å². The van der Waals surface area contributed by atoms with E-state index in [1.54, 1.807) is 0 Å². The molecule has 1 unspecified atom stereocenters. The molecular weight excluding hydrogens is 316 g/mol. The van der Waals surface area contributed by atoms with Gasteiger partial charge in [-0.05, 0) is 49.9 Å². The Balaban J connectivity index is 1.64. The van der Waals surface area contributed by atoms with Crippen LogP contribution in [0.4, 0.5) is 5.69 Å². The molecule has 0 aromatic heterocycles. The predicted molar refractivity (Wildman–Crippen MR) is 99.9 cm³/mol. The van der Waals surface area contributed by atoms with Gasteiger partial charge in [0.1, 0.15) is 5.75 Å². The number of unbranched alkanes of at least 4 members (excludes halogenated alkanes) is 2. The summed E-state index contributed by atoms with van der Waals surface area (Å²) >= 11 is 0. The summed E-state index contributed by atoms with van der Waals surface area (Å²) < 4.78 is 5.74. The molecule has 0 saturated heterocycles. The van der Waals surface area contributed by atoms with Crippen molar-refractivity contribution in [3.8, 4) is 5.75 Å². The largest absolute Gasteiger partial charge is 0.494 e. The lowest BCUT2D eigenvalue weighted by molar-refractivity contribution is -0.122. The summed E-state index contributed by atoms with van der Waals surface area (Å²) in [5, 5.41) is 5.91. The first-order valence-electron chi connectivity index (χ1n) is 9.43. The van der Waals surface area contributed by atoms with E-state index in [1.165, 1.54) is 19.3 Å². The Morgan fingerprint density at radius 3 is 2.92 bits per heavy atom. The molecule has 0 radical (unpaired) electrons. The second kappa shape index (κ2) is 10.1. The van der Waals surface area contributed by atoms with Gasteiger partial charge in [0.25, 0.3) is 0 Å². The van der Waals surface area contributed by atoms with Gasteiger partial charge < -0.3 is 15.4 Å². The smallest absolute Gasteiger partial charge is 0.224 e. The van der Waals surface area contributed by atoms with Gasteiger partial charge in [0.15, 0.2) is 0 Å². The molecule has 2 N–H and O–H groups in total. The van der Waals surface area contributed by atoms with E-state index >= 15 is 0 Å². The summed E-state index contributed by atoms with van der Waals surface area (Å²) in [7, 11) is 0. The topological polar surface area (TPSA) is 67.4 Å². The molecule has 1 atom stereocenters. The van der Waals surface area contributed by atoms with Crippen molar-refractivity contribution < 1.29 is 14.3 Å². The second-order valence-corrected chi connectivity index (χ2v) is 6.78. The lowest BCUT2D eigenvalue weighted by Crippen LogP contribution is -2.32. The minimum atomic E-state index is 0.0658. The first-order valence-corrected chi connectivity index (χ1v) is 9.43. The van der Waals surface area contributed by atoms with E-state index < -0.39 is 0 Å². The van der Waals surface area contributed by atoms with Crippen molar-refractivity contribution in [2.75, 3.05) is 11.9 Å². The molecule has 0 spiro atoms. The van der Waals surface area contributed by atoms with Gasteiger partial charge >= 0.3 is 0 Å². The van der Waals surface area contributed by atoms with E-state index in [4.69, 9.17) is 4.74 Å². The number of benzene rings is 1. The summed E-state index contributed by atoms with van der Waals surface area (Å²) in [6.07, 6.45) is 7.08. The van der Waals surface area contributed by atoms with E-state index in [0.717, 1.165) is 29.8 Å². The first-order chi connectivity index (χ1) is 12.1. The average molecular weight is 346 g/mol. The number of anilines is 1. The summed E-state index contributed by atoms with van der Waals surface area (Å²) in [4.78, 5) is 23.3. The van der Waals surface area contributed by atoms with Crippen LogP contribution in [0.25, 0.3) is 0 Å². The van der Waals surface area contributed by atoms with E-state index in [2.05, 4.69) is 24.5 Å². The van der Waals surface area contributed by atoms with Crippen LogP contribution in [0.1, 0.15) is 64.4 Å². The van der Waals surface area contributed by atoms with Crippen LogP contribution >= 0.6 is 0 Å². The highest BCUT2D eigenvalue weighted by Gasteiger charge is 2.15. The molecule has 2 rings (SSSR count). The van der Waals surface area contributed by atoms with Crippen molar-refractivity contribution in [2.24, 2.45) is 0 Å². The summed E-state index contributed by atoms with van der Waals surface area (Å²) in [6.45, 7) is 4.76. The van der Waals surface area contributed by atoms with Gasteiger partial charge in [-0.3, -0.25) is 9.59 Å². The third-order valence-corrected chi connectivity index (χ3v) is 4.44. The van der Waals surface area contributed by atoms with Crippen LogP contribution in [0.3, 0.4) is 0 Å². The van der Waals surface area contributed by atoms with Crippen LogP contribution in [0, 0.1) is 0 Å². The number of fused-ring (bicyclic) bond motifs is 1. The number of carbonyl (C=O) groups excluding carboxylic acids is 2. The molecule has 5 heteroatoms. The molecule has 5 nitrogen and oxygen atoms in total. The molecule has 25 heavy (non-hydrogen) atoms. The molecule has 1 aliphatic heterocycles. The maximum atomic E-state index is 11.9. The monoisotopic (exact) mass is 346 g/mol. The molecular formula is C20H30N2O3. The van der Waals surface area contributed by atoms with Crippen LogP contribution in [0.2, 0.25) is 0 Å². The molecule has 2 amide bonds. The van der Waals surface area contributed by atoms with Crippen molar-refractivity contribution >= 4 is 17.5 Å². The molecule has 1 aliphatic rings. The zero-order valence-electron chi connectivity index (χ0n) is 15.4. The molecule has 1 heterocycles. The Hall–Kier alpha value is -2.04. The maximum absolute atomic E-state index is 11.9. The molecule has 0 fully saturated rings. The number of amides is 2. The highest BCUT2D eigenvalue weighted by molar-refractivity contribution is 5.94. The van der Waals surface area contributed by atoms with E-state index in [0.29, 0.717) is 25.9 Å². The van der Waals surface area contributed by atoms with Gasteiger partial charge in [0, 0.05) is 24.6 Å². The van der Waals surface area contributed by atoms with Crippen LogP contribution in [-0.2, 0) is 16.0 Å². The standard InChI is InChI=1S/C20H30N2O3/c1-3-4-5-7-15(2)21-19(23)8-6-13-25-17-10-11-18-16(14-17)9-12-20(24)22-18/h10-11,14-15H,3-9,12-13H2,1-2H3,(H,21,23)(H,22,24). The SMILES string of the molecule is CCCCCC(C)NC(=O)CCCOc1ccc2c(c1)CCC(=O)N2. The van der Waals surface area contributed by atoms with Gasteiger partial charge in [0.05, 0.1) is 6.61 Å². The number of aryl methyl sites for hydroxylation is 1. The highest BCUT2D eigenvalue weighted by atomic mass is 16.5. The Kier molecular flexibility index (Phi) is 7.76. The molecule has 1 aromatic rings. The van der Waals surface area contributed by atoms with Gasteiger partial charge in [0.2, 0.25) is 11.8 Å². The van der Waals surface area contributed by atoms with Crippen molar-refractivity contribution in [1.82, 2.24) is 5.32 Å². The molecule has 0 aliphatic carbocycles. The van der Waals surface area contributed by atoms with E-state index in [9.17, 15) is 9.59 Å². The zero-order valence-corrected chi connectivity index (χ0v) is 15.4. The van der Waals surface area contributed by atoms with Crippen molar-refractivity contribution in [3.63, 3.8) is 0 Å². The highest BCUT2D eigenvalue weighted by Crippen LogP contribution is 2.26. The summed E-state index contributed by atoms with van der Waals surface area (Å²) in [5.74, 6) is 0.958. The summed E-state index contributed by atoms with van der Waals surface area (Å²) in [5.41, 5.74) is 1.98. The van der Waals surface area contributed by atoms with Crippen LogP contribution < -0.4 is 15.4 Å². The third-order valence-electron chi connectivity index (χ3n) is 4.44. The fourth-order valence-corrected chi connectivity index (χ4v) is 2.99. The van der Waals surface area contributed by atoms with Gasteiger partial charge in [-0.2, -0.15) is 0 Å². The van der Waals surface area contributed by atoms with Crippen LogP contribution in [-0.4, -0.2) is 24.5 Å². The number of ether oxygens (including phenoxy) is 1. The second-order valence-electron chi connectivity index (χ2n) is 6.78. The summed E-state index contributed by atoms with van der Waals surface area (Å²) in [6, 6.07) is 5.97. The maximum Gasteiger partial charge on any atom is 0.224 e. The first kappa shape index (κ1) is 19.3. The number of hydrogen-bond acceptors (Lipinski definition) is 3. The van der Waals surface area contributed by atoms with E-state index in [-0.39, 0.29) is 17.9 Å². The minimum Gasteiger partial charge on any atom is -0.494 e. The fraction of sp³-hybridized carbons (Fsp3) is 0.600. The van der Waals surface area contributed by atoms with Crippen molar-refractivity contribution in [2.45, 2.75) is 71.3 Å². The predicted octanol–water partition coefficient (Wildman–Crippen LogP) is 3.82. The Morgan fingerprint density at radius 1 is 1.28 bits per heavy atom. The number of rotatable bonds is 10. The molecule has 0 bridgehead atoms. The normalized spacial score (nSPS) is 14.4. The van der Waals surface area contributed by atoms with Crippen molar-refractivity contribution in [3.05, 3.63) is 23.8 Å². The van der Waals surface area contributed by atoms with Crippen molar-refractivity contribution in [1.29, 1.82) is 0 Å². The number of hydrogen-bond donors (Lipinski definition) is 2. The van der Waals surface area contributed by atoms with Crippen LogP contribution in [0.15, 0.2) is 18.2 Å². The molecule has 138 valence electrons. The molecule has 1 aromatic carbocycles. The van der Waals surface area contributed by atoms with E-state index in [1.807, 2.05) is 18.2 Å². The van der Waals surface area contributed by atoms with Crippen LogP contribution in [0.5, 0.6) is 5.75 Å². The Labute approximate surface area is 150 Å². The lowest BCUT2D eigenvalue weighted by atomic mass is 10.0. The number of nitrogens with one attached hydrogen (secondary N) is 2. The fourth-order valence-electron chi connectivity index (χ4n) is 2.99. The lowest BCUT2D eigenvalue weighted by Gasteiger charge is -2.17. The minimum absolute atomic E-state index is 0.0658. The zero-order chi connectivity index (χ0) is 18.1. The molecule has 0 saturated carbocycles. The Morgan fingerprint density at radius 2 is 2.12 bits per heavy atom. The quantitative estimate of drug-likeness (QED) is 0.633. The number of carbonyl (C=O) groups is 2. The van der Waals surface area contributed by atoms with Gasteiger partial charge in [-0.15, -0.1) is 0 Å². The Bertz CT molecular complexity index is 586. The third kappa shape index (κ3) is 6.77.